The Labute approximate surface area is 127 Å². The zero-order valence-corrected chi connectivity index (χ0v) is 13.6. The van der Waals surface area contributed by atoms with Gasteiger partial charge in [0.1, 0.15) is 0 Å². The lowest BCUT2D eigenvalue weighted by Gasteiger charge is -2.32. The van der Waals surface area contributed by atoms with Crippen LogP contribution in [0.15, 0.2) is 0 Å². The van der Waals surface area contributed by atoms with Gasteiger partial charge in [0.2, 0.25) is 15.9 Å². The summed E-state index contributed by atoms with van der Waals surface area (Å²) in [6, 6.07) is 0.0633. The molecule has 2 atom stereocenters. The molecule has 1 amide bonds. The fourth-order valence-corrected chi connectivity index (χ4v) is 4.83. The first-order valence-corrected chi connectivity index (χ1v) is 9.58. The molecule has 1 heterocycles. The molecule has 21 heavy (non-hydrogen) atoms. The van der Waals surface area contributed by atoms with Crippen molar-refractivity contribution >= 4 is 15.9 Å². The molecule has 7 heteroatoms. The van der Waals surface area contributed by atoms with E-state index in [9.17, 15) is 13.2 Å². The Morgan fingerprint density at radius 1 is 1.24 bits per heavy atom. The second-order valence-corrected chi connectivity index (χ2v) is 8.29. The predicted octanol–water partition coefficient (Wildman–Crippen LogP) is 0.434. The van der Waals surface area contributed by atoms with Crippen molar-refractivity contribution in [2.45, 2.75) is 57.5 Å². The fraction of sp³-hybridized carbons (Fsp3) is 0.929. The van der Waals surface area contributed by atoms with E-state index < -0.39 is 10.0 Å². The lowest BCUT2D eigenvalue weighted by Crippen LogP contribution is -2.49. The lowest BCUT2D eigenvalue weighted by atomic mass is 10.0. The summed E-state index contributed by atoms with van der Waals surface area (Å²) >= 11 is 0. The van der Waals surface area contributed by atoms with E-state index in [2.05, 4.69) is 5.32 Å². The van der Waals surface area contributed by atoms with E-state index >= 15 is 0 Å². The van der Waals surface area contributed by atoms with Gasteiger partial charge in [-0.05, 0) is 32.1 Å². The first kappa shape index (κ1) is 16.7. The molecule has 0 aromatic rings. The number of nitrogens with two attached hydrogens (primary N) is 1. The summed E-state index contributed by atoms with van der Waals surface area (Å²) in [7, 11) is -3.11. The molecule has 1 aliphatic carbocycles. The normalized spacial score (nSPS) is 28.7. The van der Waals surface area contributed by atoms with Crippen LogP contribution in [0.5, 0.6) is 0 Å². The Bertz CT molecular complexity index is 458. The van der Waals surface area contributed by atoms with E-state index in [4.69, 9.17) is 5.73 Å². The topological polar surface area (TPSA) is 92.5 Å². The van der Waals surface area contributed by atoms with Crippen LogP contribution >= 0.6 is 0 Å². The lowest BCUT2D eigenvalue weighted by molar-refractivity contribution is -0.126. The molecular formula is C14H27N3O3S. The van der Waals surface area contributed by atoms with Crippen molar-refractivity contribution in [2.24, 2.45) is 11.7 Å². The molecule has 6 nitrogen and oxygen atoms in total. The van der Waals surface area contributed by atoms with E-state index in [-0.39, 0.29) is 29.7 Å². The number of amides is 1. The van der Waals surface area contributed by atoms with Crippen molar-refractivity contribution in [3.63, 3.8) is 0 Å². The highest BCUT2D eigenvalue weighted by atomic mass is 32.2. The molecule has 0 spiro atoms. The maximum atomic E-state index is 12.2. The zero-order chi connectivity index (χ0) is 15.5. The minimum atomic E-state index is -3.11. The second-order valence-electron chi connectivity index (χ2n) is 6.20. The fourth-order valence-electron chi connectivity index (χ4n) is 3.29. The number of carbonyl (C=O) groups excluding carboxylic acids is 1. The maximum absolute atomic E-state index is 12.2. The highest BCUT2D eigenvalue weighted by Crippen LogP contribution is 2.24. The van der Waals surface area contributed by atoms with Gasteiger partial charge in [-0.25, -0.2) is 12.7 Å². The standard InChI is InChI=1S/C14H27N3O3S/c1-2-10-21(19,20)17-8-6-11(7-9-17)16-14(18)12-4-3-5-13(12)15/h11-13H,2-10,15H2,1H3,(H,16,18). The van der Waals surface area contributed by atoms with Crippen molar-refractivity contribution < 1.29 is 13.2 Å². The third-order valence-corrected chi connectivity index (χ3v) is 6.64. The van der Waals surface area contributed by atoms with Crippen molar-refractivity contribution in [2.75, 3.05) is 18.8 Å². The number of nitrogens with one attached hydrogen (secondary N) is 1. The van der Waals surface area contributed by atoms with Crippen LogP contribution in [-0.4, -0.2) is 49.6 Å². The second kappa shape index (κ2) is 7.07. The van der Waals surface area contributed by atoms with Crippen LogP contribution in [-0.2, 0) is 14.8 Å². The number of hydrogen-bond acceptors (Lipinski definition) is 4. The molecule has 1 saturated heterocycles. The molecule has 0 aromatic carbocycles. The Hall–Kier alpha value is -0.660. The molecule has 1 saturated carbocycles. The number of carbonyl (C=O) groups is 1. The monoisotopic (exact) mass is 317 g/mol. The first-order valence-electron chi connectivity index (χ1n) is 7.98. The molecule has 2 unspecified atom stereocenters. The molecule has 2 aliphatic rings. The Kier molecular flexibility index (Phi) is 5.62. The summed E-state index contributed by atoms with van der Waals surface area (Å²) < 4.78 is 25.5. The minimum Gasteiger partial charge on any atom is -0.353 e. The average Bonchev–Trinajstić information content (AvgIpc) is 2.85. The van der Waals surface area contributed by atoms with E-state index in [1.807, 2.05) is 6.92 Å². The van der Waals surface area contributed by atoms with Gasteiger partial charge in [-0.1, -0.05) is 13.3 Å². The zero-order valence-electron chi connectivity index (χ0n) is 12.8. The van der Waals surface area contributed by atoms with Gasteiger partial charge >= 0.3 is 0 Å². The van der Waals surface area contributed by atoms with Crippen molar-refractivity contribution in [1.82, 2.24) is 9.62 Å². The molecular weight excluding hydrogens is 290 g/mol. The van der Waals surface area contributed by atoms with Gasteiger partial charge in [0.25, 0.3) is 0 Å². The maximum Gasteiger partial charge on any atom is 0.224 e. The van der Waals surface area contributed by atoms with Gasteiger partial charge in [0.05, 0.1) is 11.7 Å². The van der Waals surface area contributed by atoms with Crippen LogP contribution in [0.4, 0.5) is 0 Å². The van der Waals surface area contributed by atoms with Gasteiger partial charge in [-0.3, -0.25) is 4.79 Å². The smallest absolute Gasteiger partial charge is 0.224 e. The van der Waals surface area contributed by atoms with Gasteiger partial charge in [0, 0.05) is 25.2 Å². The summed E-state index contributed by atoms with van der Waals surface area (Å²) in [6.45, 7) is 2.88. The molecule has 3 N–H and O–H groups in total. The number of sulfonamides is 1. The molecule has 2 fully saturated rings. The van der Waals surface area contributed by atoms with E-state index in [0.29, 0.717) is 32.4 Å². The van der Waals surface area contributed by atoms with Gasteiger partial charge in [-0.2, -0.15) is 0 Å². The van der Waals surface area contributed by atoms with Crippen LogP contribution in [0.25, 0.3) is 0 Å². The Morgan fingerprint density at radius 2 is 1.90 bits per heavy atom. The van der Waals surface area contributed by atoms with Crippen LogP contribution in [0, 0.1) is 5.92 Å². The molecule has 0 bridgehead atoms. The number of piperidine rings is 1. The van der Waals surface area contributed by atoms with E-state index in [1.54, 1.807) is 4.31 Å². The van der Waals surface area contributed by atoms with Crippen molar-refractivity contribution in [1.29, 1.82) is 0 Å². The third-order valence-electron chi connectivity index (χ3n) is 4.56. The number of hydrogen-bond donors (Lipinski definition) is 2. The summed E-state index contributed by atoms with van der Waals surface area (Å²) in [5, 5.41) is 3.05. The summed E-state index contributed by atoms with van der Waals surface area (Å²) in [5.74, 6) is 0.197. The molecule has 122 valence electrons. The van der Waals surface area contributed by atoms with Crippen LogP contribution in [0.2, 0.25) is 0 Å². The van der Waals surface area contributed by atoms with E-state index in [1.165, 1.54) is 0 Å². The van der Waals surface area contributed by atoms with Gasteiger partial charge in [0.15, 0.2) is 0 Å². The summed E-state index contributed by atoms with van der Waals surface area (Å²) in [5.41, 5.74) is 5.95. The summed E-state index contributed by atoms with van der Waals surface area (Å²) in [4.78, 5) is 12.2. The predicted molar refractivity (Wildman–Crippen MR) is 82.1 cm³/mol. The number of nitrogens with zero attached hydrogens (tertiary/aromatic N) is 1. The van der Waals surface area contributed by atoms with Crippen molar-refractivity contribution in [3.8, 4) is 0 Å². The third kappa shape index (κ3) is 4.17. The Morgan fingerprint density at radius 3 is 2.43 bits per heavy atom. The highest BCUT2D eigenvalue weighted by Gasteiger charge is 2.33. The SMILES string of the molecule is CCCS(=O)(=O)N1CCC(NC(=O)C2CCCC2N)CC1. The van der Waals surface area contributed by atoms with Crippen LogP contribution in [0.1, 0.15) is 45.4 Å². The molecule has 2 rings (SSSR count). The van der Waals surface area contributed by atoms with Crippen LogP contribution < -0.4 is 11.1 Å². The van der Waals surface area contributed by atoms with Crippen LogP contribution in [0.3, 0.4) is 0 Å². The van der Waals surface area contributed by atoms with E-state index in [0.717, 1.165) is 19.3 Å². The number of rotatable bonds is 5. The highest BCUT2D eigenvalue weighted by molar-refractivity contribution is 7.89. The Balaban J connectivity index is 1.80. The molecule has 0 radical (unpaired) electrons. The molecule has 0 aromatic heterocycles. The minimum absolute atomic E-state index is 0.0185. The summed E-state index contributed by atoms with van der Waals surface area (Å²) in [6.07, 6.45) is 4.83. The van der Waals surface area contributed by atoms with Crippen molar-refractivity contribution in [3.05, 3.63) is 0 Å². The quantitative estimate of drug-likeness (QED) is 0.769. The molecule has 1 aliphatic heterocycles. The van der Waals surface area contributed by atoms with Gasteiger partial charge < -0.3 is 11.1 Å². The average molecular weight is 317 g/mol. The largest absolute Gasteiger partial charge is 0.353 e. The van der Waals surface area contributed by atoms with Gasteiger partial charge in [-0.15, -0.1) is 0 Å². The first-order chi connectivity index (χ1) is 9.94.